The Morgan fingerprint density at radius 1 is 1.09 bits per heavy atom. The first-order chi connectivity index (χ1) is 10.7. The number of fused-ring (bicyclic) bond motifs is 3. The molecule has 0 saturated carbocycles. The second kappa shape index (κ2) is 5.00. The van der Waals surface area contributed by atoms with Crippen LogP contribution in [-0.4, -0.2) is 16.2 Å². The number of para-hydroxylation sites is 1. The van der Waals surface area contributed by atoms with Crippen LogP contribution in [0.15, 0.2) is 59.8 Å². The van der Waals surface area contributed by atoms with Gasteiger partial charge in [0, 0.05) is 21.5 Å². The van der Waals surface area contributed by atoms with Crippen molar-refractivity contribution in [3.05, 3.63) is 70.9 Å². The van der Waals surface area contributed by atoms with Gasteiger partial charge in [-0.3, -0.25) is 0 Å². The number of carbonyl (C=O) groups is 1. The van der Waals surface area contributed by atoms with Crippen LogP contribution in [0.5, 0.6) is 0 Å². The molecule has 108 valence electrons. The van der Waals surface area contributed by atoms with Gasteiger partial charge >= 0.3 is 5.97 Å². The third kappa shape index (κ3) is 2.09. The number of oxime groups is 1. The van der Waals surface area contributed by atoms with Crippen molar-refractivity contribution < 1.29 is 9.63 Å². The van der Waals surface area contributed by atoms with E-state index in [4.69, 9.17) is 16.4 Å². The Balaban J connectivity index is 1.85. The number of benzene rings is 2. The summed E-state index contributed by atoms with van der Waals surface area (Å²) < 4.78 is 1.93. The van der Waals surface area contributed by atoms with Gasteiger partial charge in [0.15, 0.2) is 0 Å². The molecule has 0 fully saturated rings. The van der Waals surface area contributed by atoms with Crippen LogP contribution in [-0.2, 0) is 11.4 Å². The zero-order valence-corrected chi connectivity index (χ0v) is 12.2. The fraction of sp³-hybridized carbons (Fsp3) is 0.0588. The fourth-order valence-corrected chi connectivity index (χ4v) is 2.78. The first kappa shape index (κ1) is 13.1. The van der Waals surface area contributed by atoms with Gasteiger partial charge in [-0.1, -0.05) is 47.1 Å². The highest BCUT2D eigenvalue weighted by Crippen LogP contribution is 2.23. The lowest BCUT2D eigenvalue weighted by atomic mass is 10.1. The van der Waals surface area contributed by atoms with Crippen molar-refractivity contribution in [2.75, 3.05) is 0 Å². The number of nitrogens with zero attached hydrogens (tertiary/aromatic N) is 2. The van der Waals surface area contributed by atoms with Crippen molar-refractivity contribution in [1.82, 2.24) is 4.57 Å². The molecule has 5 heteroatoms. The third-order valence-electron chi connectivity index (χ3n) is 3.74. The summed E-state index contributed by atoms with van der Waals surface area (Å²) in [6, 6.07) is 17.0. The Kier molecular flexibility index (Phi) is 2.98. The Morgan fingerprint density at radius 3 is 2.68 bits per heavy atom. The summed E-state index contributed by atoms with van der Waals surface area (Å²) in [6.07, 6.45) is 0. The molecule has 0 spiro atoms. The Labute approximate surface area is 131 Å². The van der Waals surface area contributed by atoms with Gasteiger partial charge in [-0.25, -0.2) is 4.79 Å². The van der Waals surface area contributed by atoms with E-state index in [1.165, 1.54) is 0 Å². The van der Waals surface area contributed by atoms with Crippen molar-refractivity contribution in [2.24, 2.45) is 5.16 Å². The highest BCUT2D eigenvalue weighted by molar-refractivity contribution is 6.30. The van der Waals surface area contributed by atoms with Crippen LogP contribution in [0.3, 0.4) is 0 Å². The molecule has 0 unspecified atom stereocenters. The summed E-state index contributed by atoms with van der Waals surface area (Å²) in [4.78, 5) is 17.2. The van der Waals surface area contributed by atoms with E-state index in [1.807, 2.05) is 47.0 Å². The number of hydrogen-bond donors (Lipinski definition) is 0. The van der Waals surface area contributed by atoms with Crippen LogP contribution in [0.1, 0.15) is 16.1 Å². The molecule has 1 aliphatic heterocycles. The van der Waals surface area contributed by atoms with Gasteiger partial charge in [0.25, 0.3) is 0 Å². The van der Waals surface area contributed by atoms with Gasteiger partial charge in [0.05, 0.1) is 6.54 Å². The SMILES string of the molecule is O=C1ON=C(c2ccc(Cl)cc2)Cn2c1cc1ccccc12. The molecule has 2 heterocycles. The molecule has 1 aromatic heterocycles. The third-order valence-corrected chi connectivity index (χ3v) is 4.00. The number of halogens is 1. The van der Waals surface area contributed by atoms with Gasteiger partial charge in [0.1, 0.15) is 11.4 Å². The second-order valence-corrected chi connectivity index (χ2v) is 5.53. The summed E-state index contributed by atoms with van der Waals surface area (Å²) in [6.45, 7) is 0.468. The van der Waals surface area contributed by atoms with E-state index in [0.29, 0.717) is 23.0 Å². The first-order valence-corrected chi connectivity index (χ1v) is 7.22. The van der Waals surface area contributed by atoms with E-state index in [2.05, 4.69) is 5.16 Å². The molecule has 1 aliphatic rings. The number of rotatable bonds is 1. The van der Waals surface area contributed by atoms with Gasteiger partial charge in [0.2, 0.25) is 0 Å². The van der Waals surface area contributed by atoms with Crippen molar-refractivity contribution in [2.45, 2.75) is 6.54 Å². The van der Waals surface area contributed by atoms with E-state index in [1.54, 1.807) is 12.1 Å². The predicted octanol–water partition coefficient (Wildman–Crippen LogP) is 3.87. The molecular formula is C17H11ClN2O2. The molecule has 0 amide bonds. The lowest BCUT2D eigenvalue weighted by molar-refractivity contribution is 0.0513. The summed E-state index contributed by atoms with van der Waals surface area (Å²) in [5, 5.41) is 5.66. The zero-order valence-electron chi connectivity index (χ0n) is 11.5. The van der Waals surface area contributed by atoms with Crippen LogP contribution in [0.4, 0.5) is 0 Å². The standard InChI is InChI=1S/C17H11ClN2O2/c18-13-7-5-11(6-8-13)14-10-20-15-4-2-1-3-12(15)9-16(20)17(21)22-19-14/h1-9H,10H2. The van der Waals surface area contributed by atoms with Crippen molar-refractivity contribution in [3.8, 4) is 0 Å². The maximum Gasteiger partial charge on any atom is 0.382 e. The second-order valence-electron chi connectivity index (χ2n) is 5.10. The Bertz CT molecular complexity index is 910. The summed E-state index contributed by atoms with van der Waals surface area (Å²) >= 11 is 5.92. The van der Waals surface area contributed by atoms with Crippen LogP contribution >= 0.6 is 11.6 Å². The number of aromatic nitrogens is 1. The maximum atomic E-state index is 12.1. The molecule has 4 rings (SSSR count). The predicted molar refractivity (Wildman–Crippen MR) is 85.3 cm³/mol. The average Bonchev–Trinajstić information content (AvgIpc) is 2.82. The summed E-state index contributed by atoms with van der Waals surface area (Å²) in [5.74, 6) is -0.444. The van der Waals surface area contributed by atoms with Crippen molar-refractivity contribution in [3.63, 3.8) is 0 Å². The molecule has 0 aliphatic carbocycles. The molecule has 3 aromatic rings. The topological polar surface area (TPSA) is 43.6 Å². The van der Waals surface area contributed by atoms with E-state index in [0.717, 1.165) is 16.5 Å². The smallest absolute Gasteiger partial charge is 0.329 e. The van der Waals surface area contributed by atoms with Crippen LogP contribution in [0.2, 0.25) is 5.02 Å². The number of hydrogen-bond acceptors (Lipinski definition) is 3. The molecular weight excluding hydrogens is 300 g/mol. The van der Waals surface area contributed by atoms with Crippen LogP contribution in [0, 0.1) is 0 Å². The number of carbonyl (C=O) groups excluding carboxylic acids is 1. The van der Waals surface area contributed by atoms with Gasteiger partial charge < -0.3 is 9.40 Å². The minimum atomic E-state index is -0.444. The zero-order chi connectivity index (χ0) is 15.1. The molecule has 0 N–H and O–H groups in total. The molecule has 4 nitrogen and oxygen atoms in total. The van der Waals surface area contributed by atoms with Gasteiger partial charge in [-0.05, 0) is 24.3 Å². The lowest BCUT2D eigenvalue weighted by Crippen LogP contribution is -2.12. The lowest BCUT2D eigenvalue weighted by Gasteiger charge is -2.07. The normalized spacial score (nSPS) is 14.2. The van der Waals surface area contributed by atoms with E-state index < -0.39 is 5.97 Å². The minimum Gasteiger partial charge on any atom is -0.329 e. The molecule has 0 atom stereocenters. The van der Waals surface area contributed by atoms with Crippen molar-refractivity contribution >= 4 is 34.2 Å². The fourth-order valence-electron chi connectivity index (χ4n) is 2.66. The highest BCUT2D eigenvalue weighted by atomic mass is 35.5. The van der Waals surface area contributed by atoms with Gasteiger partial charge in [-0.15, -0.1) is 0 Å². The van der Waals surface area contributed by atoms with Crippen molar-refractivity contribution in [1.29, 1.82) is 0 Å². The van der Waals surface area contributed by atoms with E-state index in [-0.39, 0.29) is 0 Å². The monoisotopic (exact) mass is 310 g/mol. The molecule has 2 aromatic carbocycles. The van der Waals surface area contributed by atoms with Crippen LogP contribution < -0.4 is 0 Å². The molecule has 0 bridgehead atoms. The Hall–Kier alpha value is -2.59. The van der Waals surface area contributed by atoms with E-state index >= 15 is 0 Å². The molecule has 22 heavy (non-hydrogen) atoms. The molecule has 0 saturated heterocycles. The molecule has 0 radical (unpaired) electrons. The maximum absolute atomic E-state index is 12.1. The summed E-state index contributed by atoms with van der Waals surface area (Å²) in [7, 11) is 0. The Morgan fingerprint density at radius 2 is 1.86 bits per heavy atom. The van der Waals surface area contributed by atoms with E-state index in [9.17, 15) is 4.79 Å². The average molecular weight is 311 g/mol. The van der Waals surface area contributed by atoms with Crippen LogP contribution in [0.25, 0.3) is 10.9 Å². The summed E-state index contributed by atoms with van der Waals surface area (Å²) in [5.41, 5.74) is 3.06. The minimum absolute atomic E-state index is 0.444. The van der Waals surface area contributed by atoms with Gasteiger partial charge in [-0.2, -0.15) is 0 Å². The largest absolute Gasteiger partial charge is 0.382 e. The highest BCUT2D eigenvalue weighted by Gasteiger charge is 2.22. The quantitative estimate of drug-likeness (QED) is 0.640. The first-order valence-electron chi connectivity index (χ1n) is 6.85.